The quantitative estimate of drug-likeness (QED) is 0.267. The fraction of sp³-hybridized carbons (Fsp3) is 0.316. The summed E-state index contributed by atoms with van der Waals surface area (Å²) in [6.45, 7) is 7.91. The first-order chi connectivity index (χ1) is 14.4. The van der Waals surface area contributed by atoms with Gasteiger partial charge in [0.2, 0.25) is 5.82 Å². The van der Waals surface area contributed by atoms with Crippen LogP contribution in [-0.4, -0.2) is 21.1 Å². The van der Waals surface area contributed by atoms with E-state index in [1.165, 1.54) is 0 Å². The predicted octanol–water partition coefficient (Wildman–Crippen LogP) is 6.49. The van der Waals surface area contributed by atoms with Gasteiger partial charge in [-0.3, -0.25) is 25.2 Å². The largest absolute Gasteiger partial charge is 0.313 e. The monoisotopic (exact) mass is 492 g/mol. The van der Waals surface area contributed by atoms with Gasteiger partial charge in [-0.25, -0.2) is 0 Å². The van der Waals surface area contributed by atoms with Crippen molar-refractivity contribution in [1.82, 2.24) is 0 Å². The van der Waals surface area contributed by atoms with Gasteiger partial charge in [0.05, 0.1) is 37.3 Å². The second-order valence-corrected chi connectivity index (χ2v) is 8.51. The van der Waals surface area contributed by atoms with Crippen molar-refractivity contribution in [2.45, 2.75) is 39.7 Å². The van der Waals surface area contributed by atoms with E-state index in [0.29, 0.717) is 11.8 Å². The minimum absolute atomic E-state index is 0.179. The van der Waals surface area contributed by atoms with Crippen molar-refractivity contribution in [2.24, 2.45) is 15.3 Å². The van der Waals surface area contributed by atoms with Crippen molar-refractivity contribution in [1.29, 1.82) is 0 Å². The van der Waals surface area contributed by atoms with Crippen LogP contribution in [0.2, 0.25) is 0 Å². The molecule has 31 heavy (non-hydrogen) atoms. The van der Waals surface area contributed by atoms with Crippen molar-refractivity contribution < 1.29 is 14.2 Å². The van der Waals surface area contributed by atoms with Crippen LogP contribution in [0, 0.1) is 33.0 Å². The molecule has 0 aliphatic carbocycles. The number of anilines is 1. The number of halogens is 2. The molecular formula is C19H18BrFN6O4. The zero-order valence-electron chi connectivity index (χ0n) is 17.1. The molecule has 1 aliphatic heterocycles. The summed E-state index contributed by atoms with van der Waals surface area (Å²) in [5.41, 5.74) is 0.609. The Kier molecular flexibility index (Phi) is 5.85. The number of hydrogen-bond acceptors (Lipinski definition) is 8. The maximum atomic E-state index is 14.3. The number of benzene rings is 2. The minimum Gasteiger partial charge on any atom is -0.260 e. The van der Waals surface area contributed by atoms with Crippen LogP contribution in [0.1, 0.15) is 32.8 Å². The van der Waals surface area contributed by atoms with Gasteiger partial charge < -0.3 is 0 Å². The molecule has 2 aromatic rings. The summed E-state index contributed by atoms with van der Waals surface area (Å²) in [6.07, 6.45) is 0.830. The number of nitro groups is 2. The average Bonchev–Trinajstić information content (AvgIpc) is 2.95. The maximum Gasteiger partial charge on any atom is 0.313 e. The highest BCUT2D eigenvalue weighted by molar-refractivity contribution is 9.10. The molecule has 0 bridgehead atoms. The second-order valence-electron chi connectivity index (χ2n) is 7.71. The van der Waals surface area contributed by atoms with Gasteiger partial charge in [-0.15, -0.1) is 10.2 Å². The highest BCUT2D eigenvalue weighted by Crippen LogP contribution is 2.43. The molecule has 0 saturated carbocycles. The van der Waals surface area contributed by atoms with Gasteiger partial charge in [-0.2, -0.15) is 9.49 Å². The fourth-order valence-electron chi connectivity index (χ4n) is 3.39. The van der Waals surface area contributed by atoms with E-state index in [1.54, 1.807) is 19.1 Å². The van der Waals surface area contributed by atoms with Gasteiger partial charge in [-0.05, 0) is 67.4 Å². The second kappa shape index (κ2) is 8.10. The Labute approximate surface area is 184 Å². The number of azo groups is 1. The first kappa shape index (κ1) is 22.4. The van der Waals surface area contributed by atoms with Crippen molar-refractivity contribution in [3.05, 3.63) is 60.3 Å². The minimum atomic E-state index is -1.26. The summed E-state index contributed by atoms with van der Waals surface area (Å²) < 4.78 is 13.8. The molecule has 12 heteroatoms. The van der Waals surface area contributed by atoms with Crippen LogP contribution in [0.3, 0.4) is 0 Å². The summed E-state index contributed by atoms with van der Waals surface area (Å²) in [5, 5.41) is 36.6. The normalized spacial score (nSPS) is 15.4. The topological polar surface area (TPSA) is 127 Å². The molecule has 0 amide bonds. The number of hydrogen-bond donors (Lipinski definition) is 0. The van der Waals surface area contributed by atoms with E-state index in [4.69, 9.17) is 0 Å². The molecule has 1 heterocycles. The Bertz CT molecular complexity index is 1160. The lowest BCUT2D eigenvalue weighted by molar-refractivity contribution is -0.395. The molecule has 1 aliphatic rings. The molecule has 0 radical (unpaired) electrons. The third-order valence-corrected chi connectivity index (χ3v) is 5.47. The van der Waals surface area contributed by atoms with E-state index in [9.17, 15) is 24.6 Å². The van der Waals surface area contributed by atoms with Gasteiger partial charge in [0, 0.05) is 12.1 Å². The number of nitro benzene ring substituents is 2. The van der Waals surface area contributed by atoms with Crippen LogP contribution >= 0.6 is 15.9 Å². The van der Waals surface area contributed by atoms with Gasteiger partial charge in [0.25, 0.3) is 0 Å². The number of rotatable bonds is 5. The molecule has 0 spiro atoms. The molecule has 0 saturated heterocycles. The Balaban J connectivity index is 2.00. The molecule has 2 aromatic carbocycles. The van der Waals surface area contributed by atoms with Crippen LogP contribution in [0.4, 0.5) is 32.8 Å². The van der Waals surface area contributed by atoms with Gasteiger partial charge >= 0.3 is 11.4 Å². The first-order valence-electron chi connectivity index (χ1n) is 9.10. The lowest BCUT2D eigenvalue weighted by Crippen LogP contribution is -2.36. The number of nitrogens with zero attached hydrogens (tertiary/aromatic N) is 6. The van der Waals surface area contributed by atoms with E-state index in [2.05, 4.69) is 45.1 Å². The number of aryl methyl sites for hydroxylation is 1. The summed E-state index contributed by atoms with van der Waals surface area (Å²) in [5.74, 6) is -1.26. The van der Waals surface area contributed by atoms with Crippen molar-refractivity contribution in [3.63, 3.8) is 0 Å². The predicted molar refractivity (Wildman–Crippen MR) is 117 cm³/mol. The van der Waals surface area contributed by atoms with Gasteiger partial charge in [0.15, 0.2) is 5.69 Å². The van der Waals surface area contributed by atoms with Gasteiger partial charge in [-0.1, -0.05) is 0 Å². The zero-order valence-corrected chi connectivity index (χ0v) is 18.7. The molecule has 0 unspecified atom stereocenters. The van der Waals surface area contributed by atoms with E-state index >= 15 is 0 Å². The molecule has 0 fully saturated rings. The highest BCUT2D eigenvalue weighted by Gasteiger charge is 2.33. The lowest BCUT2D eigenvalue weighted by Gasteiger charge is -2.30. The summed E-state index contributed by atoms with van der Waals surface area (Å²) >= 11 is 2.83. The zero-order chi connectivity index (χ0) is 23.1. The van der Waals surface area contributed by atoms with E-state index in [-0.39, 0.29) is 5.54 Å². The van der Waals surface area contributed by atoms with Crippen molar-refractivity contribution >= 4 is 50.1 Å². The lowest BCUT2D eigenvalue weighted by atomic mass is 9.98. The molecule has 0 N–H and O–H groups in total. The Morgan fingerprint density at radius 2 is 1.77 bits per heavy atom. The fourth-order valence-corrected chi connectivity index (χ4v) is 3.88. The van der Waals surface area contributed by atoms with Crippen LogP contribution in [0.15, 0.2) is 44.1 Å². The SMILES string of the molecule is CC1=NN(c2ccc(N=Nc3c([N+](=O)[O-])cc([N+](=O)[O-])c(F)c3Br)c(C)c2)C(C)(C)C1. The molecule has 10 nitrogen and oxygen atoms in total. The first-order valence-corrected chi connectivity index (χ1v) is 9.89. The smallest absolute Gasteiger partial charge is 0.260 e. The van der Waals surface area contributed by atoms with Crippen LogP contribution in [0.25, 0.3) is 0 Å². The average molecular weight is 493 g/mol. The van der Waals surface area contributed by atoms with Crippen LogP contribution in [0.5, 0.6) is 0 Å². The van der Waals surface area contributed by atoms with Gasteiger partial charge in [0.1, 0.15) is 0 Å². The molecule has 0 atom stereocenters. The third-order valence-electron chi connectivity index (χ3n) is 4.75. The Morgan fingerprint density at radius 3 is 2.29 bits per heavy atom. The Hall–Kier alpha value is -3.28. The summed E-state index contributed by atoms with van der Waals surface area (Å²) in [7, 11) is 0. The summed E-state index contributed by atoms with van der Waals surface area (Å²) in [6, 6.07) is 5.86. The molecule has 3 rings (SSSR count). The number of hydrazone groups is 1. The molecule has 162 valence electrons. The summed E-state index contributed by atoms with van der Waals surface area (Å²) in [4.78, 5) is 20.4. The maximum absolute atomic E-state index is 14.3. The third kappa shape index (κ3) is 4.29. The molecular weight excluding hydrogens is 475 g/mol. The van der Waals surface area contributed by atoms with E-state index < -0.39 is 37.2 Å². The van der Waals surface area contributed by atoms with Crippen LogP contribution in [-0.2, 0) is 0 Å². The van der Waals surface area contributed by atoms with E-state index in [1.807, 2.05) is 18.0 Å². The molecule has 0 aromatic heterocycles. The van der Waals surface area contributed by atoms with Crippen LogP contribution < -0.4 is 5.01 Å². The standard InChI is InChI=1S/C19H18BrFN6O4/c1-10-7-12(25-19(3,4)9-11(2)24-25)5-6-13(10)22-23-18-15(27(30)31)8-14(26(28)29)17(21)16(18)20/h5-8H,9H2,1-4H3. The van der Waals surface area contributed by atoms with Crippen molar-refractivity contribution in [3.8, 4) is 0 Å². The van der Waals surface area contributed by atoms with E-state index in [0.717, 1.165) is 23.4 Å². The highest BCUT2D eigenvalue weighted by atomic mass is 79.9. The van der Waals surface area contributed by atoms with Crippen molar-refractivity contribution in [2.75, 3.05) is 5.01 Å². The Morgan fingerprint density at radius 1 is 1.13 bits per heavy atom.